The van der Waals surface area contributed by atoms with Crippen molar-refractivity contribution in [3.8, 4) is 11.5 Å². The van der Waals surface area contributed by atoms with Crippen LogP contribution in [0.1, 0.15) is 5.56 Å². The van der Waals surface area contributed by atoms with Gasteiger partial charge >= 0.3 is 0 Å². The molecule has 0 unspecified atom stereocenters. The summed E-state index contributed by atoms with van der Waals surface area (Å²) in [6.07, 6.45) is 1.82. The molecule has 0 aliphatic carbocycles. The molecule has 0 fully saturated rings. The van der Waals surface area contributed by atoms with Crippen LogP contribution in [0.3, 0.4) is 0 Å². The van der Waals surface area contributed by atoms with Crippen LogP contribution in [-0.2, 0) is 11.2 Å². The van der Waals surface area contributed by atoms with Crippen molar-refractivity contribution < 1.29 is 13.9 Å². The van der Waals surface area contributed by atoms with Gasteiger partial charge in [0.1, 0.15) is 5.75 Å². The van der Waals surface area contributed by atoms with E-state index in [4.69, 9.17) is 17.0 Å². The summed E-state index contributed by atoms with van der Waals surface area (Å²) in [5, 5.41) is 7.40. The standard InChI is InChI=1S/C22H16FN3O2S2/c23-16-13-15(25-22(29)26-20(27)12-14-4-2-1-3-5-14)6-7-18(16)28-19-8-10-24-17-9-11-30-21(17)19/h1-11,13H,12H2,(H2,25,26,27,29). The summed E-state index contributed by atoms with van der Waals surface area (Å²) in [7, 11) is 0. The summed E-state index contributed by atoms with van der Waals surface area (Å²) in [5.74, 6) is -0.185. The minimum atomic E-state index is -0.556. The number of benzene rings is 2. The van der Waals surface area contributed by atoms with Crippen molar-refractivity contribution in [1.29, 1.82) is 0 Å². The SMILES string of the molecule is O=C(Cc1ccccc1)NC(=S)Nc1ccc(Oc2ccnc3ccsc23)c(F)c1. The fourth-order valence-electron chi connectivity index (χ4n) is 2.82. The largest absolute Gasteiger partial charge is 0.453 e. The zero-order chi connectivity index (χ0) is 20.9. The van der Waals surface area contributed by atoms with Crippen LogP contribution in [0.4, 0.5) is 10.1 Å². The lowest BCUT2D eigenvalue weighted by atomic mass is 10.1. The number of halogens is 1. The van der Waals surface area contributed by atoms with Gasteiger partial charge in [0.25, 0.3) is 0 Å². The number of nitrogens with one attached hydrogen (secondary N) is 2. The van der Waals surface area contributed by atoms with Crippen LogP contribution in [0.2, 0.25) is 0 Å². The van der Waals surface area contributed by atoms with Crippen molar-refractivity contribution in [3.63, 3.8) is 0 Å². The molecule has 8 heteroatoms. The number of carbonyl (C=O) groups is 1. The summed E-state index contributed by atoms with van der Waals surface area (Å²) in [6, 6.07) is 17.3. The quantitative estimate of drug-likeness (QED) is 0.416. The van der Waals surface area contributed by atoms with E-state index in [1.54, 1.807) is 18.3 Å². The van der Waals surface area contributed by atoms with Crippen LogP contribution >= 0.6 is 23.6 Å². The number of aromatic nitrogens is 1. The molecule has 1 amide bonds. The Morgan fingerprint density at radius 2 is 1.93 bits per heavy atom. The van der Waals surface area contributed by atoms with Gasteiger partial charge in [0, 0.05) is 24.0 Å². The van der Waals surface area contributed by atoms with E-state index >= 15 is 0 Å². The van der Waals surface area contributed by atoms with Crippen molar-refractivity contribution in [2.24, 2.45) is 0 Å². The summed E-state index contributed by atoms with van der Waals surface area (Å²) >= 11 is 6.63. The van der Waals surface area contributed by atoms with Gasteiger partial charge in [-0.25, -0.2) is 4.39 Å². The lowest BCUT2D eigenvalue weighted by Crippen LogP contribution is -2.35. The average Bonchev–Trinajstić information content (AvgIpc) is 3.20. The highest BCUT2D eigenvalue weighted by Crippen LogP contribution is 2.34. The normalized spacial score (nSPS) is 10.6. The number of hydrogen-bond donors (Lipinski definition) is 2. The Balaban J connectivity index is 1.39. The molecular formula is C22H16FN3O2S2. The molecule has 0 saturated heterocycles. The number of fused-ring (bicyclic) bond motifs is 1. The Morgan fingerprint density at radius 1 is 1.10 bits per heavy atom. The Kier molecular flexibility index (Phi) is 5.97. The maximum Gasteiger partial charge on any atom is 0.230 e. The predicted molar refractivity (Wildman–Crippen MR) is 121 cm³/mol. The molecule has 0 atom stereocenters. The van der Waals surface area contributed by atoms with Crippen molar-refractivity contribution in [1.82, 2.24) is 10.3 Å². The minimum Gasteiger partial charge on any atom is -0.453 e. The lowest BCUT2D eigenvalue weighted by Gasteiger charge is -2.12. The van der Waals surface area contributed by atoms with Crippen LogP contribution in [0.15, 0.2) is 72.2 Å². The summed E-state index contributed by atoms with van der Waals surface area (Å²) in [5.41, 5.74) is 2.08. The molecule has 5 nitrogen and oxygen atoms in total. The van der Waals surface area contributed by atoms with E-state index in [0.29, 0.717) is 11.4 Å². The number of rotatable bonds is 5. The molecule has 2 heterocycles. The molecule has 2 N–H and O–H groups in total. The molecule has 0 aliphatic heterocycles. The number of hydrogen-bond acceptors (Lipinski definition) is 5. The Hall–Kier alpha value is -3.36. The zero-order valence-electron chi connectivity index (χ0n) is 15.6. The van der Waals surface area contributed by atoms with Crippen molar-refractivity contribution in [3.05, 3.63) is 83.6 Å². The first-order valence-electron chi connectivity index (χ1n) is 9.03. The van der Waals surface area contributed by atoms with Gasteiger partial charge in [0.05, 0.1) is 16.6 Å². The first-order valence-corrected chi connectivity index (χ1v) is 10.3. The fraction of sp³-hybridized carbons (Fsp3) is 0.0455. The number of nitrogens with zero attached hydrogens (tertiary/aromatic N) is 1. The Labute approximate surface area is 181 Å². The number of anilines is 1. The topological polar surface area (TPSA) is 63.2 Å². The van der Waals surface area contributed by atoms with Crippen LogP contribution < -0.4 is 15.4 Å². The van der Waals surface area contributed by atoms with Gasteiger partial charge in [-0.2, -0.15) is 0 Å². The lowest BCUT2D eigenvalue weighted by molar-refractivity contribution is -0.119. The number of thiocarbonyl (C=S) groups is 1. The van der Waals surface area contributed by atoms with Gasteiger partial charge in [-0.3, -0.25) is 9.78 Å². The van der Waals surface area contributed by atoms with Gasteiger partial charge in [-0.05, 0) is 41.4 Å². The molecule has 0 radical (unpaired) electrons. The molecule has 150 valence electrons. The number of amides is 1. The smallest absolute Gasteiger partial charge is 0.230 e. The van der Waals surface area contributed by atoms with E-state index < -0.39 is 5.82 Å². The van der Waals surface area contributed by atoms with Crippen LogP contribution in [-0.4, -0.2) is 16.0 Å². The van der Waals surface area contributed by atoms with Crippen LogP contribution in [0, 0.1) is 5.82 Å². The van der Waals surface area contributed by atoms with Gasteiger partial charge in [0.2, 0.25) is 5.91 Å². The Bertz CT molecular complexity index is 1210. The summed E-state index contributed by atoms with van der Waals surface area (Å²) < 4.78 is 21.1. The molecule has 2 aromatic carbocycles. The highest BCUT2D eigenvalue weighted by atomic mass is 32.1. The molecule has 0 bridgehead atoms. The maximum atomic E-state index is 14.6. The molecule has 4 aromatic rings. The van der Waals surface area contributed by atoms with E-state index in [-0.39, 0.29) is 23.2 Å². The van der Waals surface area contributed by atoms with E-state index in [1.165, 1.54) is 23.5 Å². The summed E-state index contributed by atoms with van der Waals surface area (Å²) in [4.78, 5) is 16.3. The third-order valence-electron chi connectivity index (χ3n) is 4.18. The number of pyridine rings is 1. The van der Waals surface area contributed by atoms with Gasteiger partial charge in [-0.1, -0.05) is 30.3 Å². The number of thiophene rings is 1. The van der Waals surface area contributed by atoms with E-state index in [1.807, 2.05) is 41.8 Å². The second kappa shape index (κ2) is 8.98. The molecule has 0 spiro atoms. The molecular weight excluding hydrogens is 421 g/mol. The van der Waals surface area contributed by atoms with Gasteiger partial charge in [-0.15, -0.1) is 11.3 Å². The molecule has 0 aliphatic rings. The highest BCUT2D eigenvalue weighted by molar-refractivity contribution is 7.80. The third-order valence-corrected chi connectivity index (χ3v) is 5.30. The maximum absolute atomic E-state index is 14.6. The fourth-order valence-corrected chi connectivity index (χ4v) is 3.86. The first-order chi connectivity index (χ1) is 14.6. The first kappa shape index (κ1) is 19.9. The minimum absolute atomic E-state index is 0.0838. The average molecular weight is 438 g/mol. The number of carbonyl (C=O) groups excluding carboxylic acids is 1. The summed E-state index contributed by atoms with van der Waals surface area (Å²) in [6.45, 7) is 0. The second-order valence-electron chi connectivity index (χ2n) is 6.36. The molecule has 2 aromatic heterocycles. The van der Waals surface area contributed by atoms with Crippen molar-refractivity contribution in [2.75, 3.05) is 5.32 Å². The van der Waals surface area contributed by atoms with E-state index in [9.17, 15) is 9.18 Å². The van der Waals surface area contributed by atoms with Crippen LogP contribution in [0.25, 0.3) is 10.2 Å². The van der Waals surface area contributed by atoms with E-state index in [0.717, 1.165) is 15.8 Å². The number of ether oxygens (including phenoxy) is 1. The predicted octanol–water partition coefficient (Wildman–Crippen LogP) is 5.28. The highest BCUT2D eigenvalue weighted by Gasteiger charge is 2.11. The third kappa shape index (κ3) is 4.79. The monoisotopic (exact) mass is 437 g/mol. The Morgan fingerprint density at radius 3 is 2.73 bits per heavy atom. The van der Waals surface area contributed by atoms with Crippen molar-refractivity contribution >= 4 is 50.5 Å². The van der Waals surface area contributed by atoms with E-state index in [2.05, 4.69) is 15.6 Å². The van der Waals surface area contributed by atoms with Crippen molar-refractivity contribution in [2.45, 2.75) is 6.42 Å². The zero-order valence-corrected chi connectivity index (χ0v) is 17.2. The van der Waals surface area contributed by atoms with Gasteiger partial charge in [0.15, 0.2) is 16.7 Å². The molecule has 0 saturated carbocycles. The second-order valence-corrected chi connectivity index (χ2v) is 7.68. The van der Waals surface area contributed by atoms with Gasteiger partial charge < -0.3 is 15.4 Å². The molecule has 30 heavy (non-hydrogen) atoms. The van der Waals surface area contributed by atoms with Crippen LogP contribution in [0.5, 0.6) is 11.5 Å². The molecule has 4 rings (SSSR count).